The van der Waals surface area contributed by atoms with Gasteiger partial charge >= 0.3 is 0 Å². The van der Waals surface area contributed by atoms with E-state index >= 15 is 0 Å². The lowest BCUT2D eigenvalue weighted by atomic mass is 10.1. The summed E-state index contributed by atoms with van der Waals surface area (Å²) < 4.78 is 0. The van der Waals surface area contributed by atoms with Crippen molar-refractivity contribution in [2.75, 3.05) is 12.0 Å². The van der Waals surface area contributed by atoms with Crippen molar-refractivity contribution < 1.29 is 0 Å². The van der Waals surface area contributed by atoms with Crippen molar-refractivity contribution in [1.29, 1.82) is 0 Å². The quantitative estimate of drug-likeness (QED) is 0.763. The predicted octanol–water partition coefficient (Wildman–Crippen LogP) is 2.69. The highest BCUT2D eigenvalue weighted by molar-refractivity contribution is 7.98. The zero-order valence-electron chi connectivity index (χ0n) is 8.74. The van der Waals surface area contributed by atoms with E-state index in [4.69, 9.17) is 5.73 Å². The molecule has 1 heterocycles. The van der Waals surface area contributed by atoms with Crippen molar-refractivity contribution in [3.63, 3.8) is 0 Å². The molecule has 0 aliphatic carbocycles. The van der Waals surface area contributed by atoms with Gasteiger partial charge in [-0.3, -0.25) is 5.10 Å². The Hall–Kier alpha value is -1.42. The van der Waals surface area contributed by atoms with Gasteiger partial charge in [0.25, 0.3) is 0 Å². The number of anilines is 1. The van der Waals surface area contributed by atoms with E-state index in [0.29, 0.717) is 5.82 Å². The lowest BCUT2D eigenvalue weighted by Crippen LogP contribution is -1.86. The Balaban J connectivity index is 2.41. The van der Waals surface area contributed by atoms with Crippen LogP contribution in [0.5, 0.6) is 0 Å². The summed E-state index contributed by atoms with van der Waals surface area (Å²) in [5.41, 5.74) is 8.81. The molecule has 0 atom stereocenters. The molecule has 2 aromatic rings. The first-order valence-electron chi connectivity index (χ1n) is 4.67. The number of H-pyrrole nitrogens is 1. The maximum atomic E-state index is 5.69. The summed E-state index contributed by atoms with van der Waals surface area (Å²) in [6.07, 6.45) is 2.06. The van der Waals surface area contributed by atoms with E-state index in [2.05, 4.69) is 40.7 Å². The second-order valence-electron chi connectivity index (χ2n) is 3.34. The standard InChI is InChI=1S/C11H13N3S/c1-7-10(13-14-11(7)12)8-3-5-9(15-2)6-4-8/h3-6H,1-2H3,(H3,12,13,14). The van der Waals surface area contributed by atoms with Gasteiger partial charge in [0.1, 0.15) is 5.82 Å². The van der Waals surface area contributed by atoms with E-state index in [1.165, 1.54) is 4.90 Å². The number of hydrogen-bond acceptors (Lipinski definition) is 3. The van der Waals surface area contributed by atoms with Gasteiger partial charge in [-0.2, -0.15) is 5.10 Å². The molecular weight excluding hydrogens is 206 g/mol. The largest absolute Gasteiger partial charge is 0.382 e. The molecule has 2 rings (SSSR count). The summed E-state index contributed by atoms with van der Waals surface area (Å²) in [6.45, 7) is 1.97. The Labute approximate surface area is 93.1 Å². The number of aromatic amines is 1. The van der Waals surface area contributed by atoms with Crippen LogP contribution in [0, 0.1) is 6.92 Å². The van der Waals surface area contributed by atoms with Gasteiger partial charge in [-0.1, -0.05) is 12.1 Å². The van der Waals surface area contributed by atoms with Crippen LogP contribution in [-0.2, 0) is 0 Å². The number of benzene rings is 1. The fraction of sp³-hybridized carbons (Fsp3) is 0.182. The van der Waals surface area contributed by atoms with Crippen molar-refractivity contribution in [3.8, 4) is 11.3 Å². The van der Waals surface area contributed by atoms with Crippen molar-refractivity contribution in [2.45, 2.75) is 11.8 Å². The van der Waals surface area contributed by atoms with Gasteiger partial charge in [0, 0.05) is 10.5 Å². The van der Waals surface area contributed by atoms with E-state index in [9.17, 15) is 0 Å². The minimum atomic E-state index is 0.568. The molecule has 0 amide bonds. The van der Waals surface area contributed by atoms with Crippen LogP contribution in [0.3, 0.4) is 0 Å². The molecule has 4 heteroatoms. The van der Waals surface area contributed by atoms with Gasteiger partial charge < -0.3 is 5.73 Å². The summed E-state index contributed by atoms with van der Waals surface area (Å²) in [6, 6.07) is 8.34. The molecule has 0 spiro atoms. The van der Waals surface area contributed by atoms with Crippen molar-refractivity contribution in [3.05, 3.63) is 29.8 Å². The van der Waals surface area contributed by atoms with E-state index in [0.717, 1.165) is 16.8 Å². The Morgan fingerprint density at radius 1 is 1.27 bits per heavy atom. The number of aromatic nitrogens is 2. The van der Waals surface area contributed by atoms with E-state index < -0.39 is 0 Å². The Bertz CT molecular complexity index is 459. The Morgan fingerprint density at radius 2 is 1.93 bits per heavy atom. The first-order chi connectivity index (χ1) is 7.22. The Kier molecular flexibility index (Phi) is 2.68. The first kappa shape index (κ1) is 10.1. The van der Waals surface area contributed by atoms with Crippen molar-refractivity contribution in [2.24, 2.45) is 0 Å². The monoisotopic (exact) mass is 219 g/mol. The van der Waals surface area contributed by atoms with Crippen LogP contribution in [0.1, 0.15) is 5.56 Å². The highest BCUT2D eigenvalue weighted by atomic mass is 32.2. The number of nitrogens with two attached hydrogens (primary N) is 1. The summed E-state index contributed by atoms with van der Waals surface area (Å²) in [5, 5.41) is 6.93. The summed E-state index contributed by atoms with van der Waals surface area (Å²) in [5.74, 6) is 0.568. The summed E-state index contributed by atoms with van der Waals surface area (Å²) in [4.78, 5) is 1.25. The van der Waals surface area contributed by atoms with E-state index in [-0.39, 0.29) is 0 Å². The third-order valence-corrected chi connectivity index (χ3v) is 3.17. The zero-order chi connectivity index (χ0) is 10.8. The van der Waals surface area contributed by atoms with Crippen LogP contribution in [0.25, 0.3) is 11.3 Å². The second kappa shape index (κ2) is 3.98. The van der Waals surface area contributed by atoms with Gasteiger partial charge in [-0.15, -0.1) is 11.8 Å². The van der Waals surface area contributed by atoms with Crippen LogP contribution in [0.15, 0.2) is 29.2 Å². The van der Waals surface area contributed by atoms with Gasteiger partial charge in [-0.05, 0) is 30.9 Å². The molecule has 0 aliphatic rings. The molecule has 1 aromatic carbocycles. The molecule has 3 N–H and O–H groups in total. The maximum absolute atomic E-state index is 5.69. The van der Waals surface area contributed by atoms with Gasteiger partial charge in [0.2, 0.25) is 0 Å². The third-order valence-electron chi connectivity index (χ3n) is 2.43. The molecule has 0 unspecified atom stereocenters. The summed E-state index contributed by atoms with van der Waals surface area (Å²) >= 11 is 1.73. The van der Waals surface area contributed by atoms with Crippen LogP contribution < -0.4 is 5.73 Å². The van der Waals surface area contributed by atoms with Crippen LogP contribution >= 0.6 is 11.8 Å². The normalized spacial score (nSPS) is 10.5. The first-order valence-corrected chi connectivity index (χ1v) is 5.89. The maximum Gasteiger partial charge on any atom is 0.148 e. The molecule has 15 heavy (non-hydrogen) atoms. The molecule has 1 aromatic heterocycles. The molecular formula is C11H13N3S. The lowest BCUT2D eigenvalue weighted by Gasteiger charge is -2.01. The highest BCUT2D eigenvalue weighted by Gasteiger charge is 2.07. The topological polar surface area (TPSA) is 54.7 Å². The van der Waals surface area contributed by atoms with E-state index in [1.807, 2.05) is 6.92 Å². The Morgan fingerprint density at radius 3 is 2.40 bits per heavy atom. The molecule has 0 saturated carbocycles. The number of nitrogens with one attached hydrogen (secondary N) is 1. The molecule has 0 aliphatic heterocycles. The SMILES string of the molecule is CSc1ccc(-c2[nH]nc(N)c2C)cc1. The van der Waals surface area contributed by atoms with Crippen LogP contribution in [0.2, 0.25) is 0 Å². The fourth-order valence-electron chi connectivity index (χ4n) is 1.45. The van der Waals surface area contributed by atoms with Gasteiger partial charge in [-0.25, -0.2) is 0 Å². The number of thioether (sulfide) groups is 1. The number of rotatable bonds is 2. The number of nitrogen functional groups attached to an aromatic ring is 1. The van der Waals surface area contributed by atoms with E-state index in [1.54, 1.807) is 11.8 Å². The molecule has 0 saturated heterocycles. The van der Waals surface area contributed by atoms with Crippen LogP contribution in [0.4, 0.5) is 5.82 Å². The average molecular weight is 219 g/mol. The summed E-state index contributed by atoms with van der Waals surface area (Å²) in [7, 11) is 0. The number of nitrogens with zero attached hydrogens (tertiary/aromatic N) is 1. The predicted molar refractivity (Wildman–Crippen MR) is 65.0 cm³/mol. The highest BCUT2D eigenvalue weighted by Crippen LogP contribution is 2.26. The molecule has 78 valence electrons. The fourth-order valence-corrected chi connectivity index (χ4v) is 1.86. The molecule has 3 nitrogen and oxygen atoms in total. The molecule has 0 bridgehead atoms. The average Bonchev–Trinajstić information content (AvgIpc) is 2.60. The zero-order valence-corrected chi connectivity index (χ0v) is 9.56. The molecule has 0 fully saturated rings. The molecule has 0 radical (unpaired) electrons. The van der Waals surface area contributed by atoms with Crippen molar-refractivity contribution in [1.82, 2.24) is 10.2 Å². The second-order valence-corrected chi connectivity index (χ2v) is 4.22. The van der Waals surface area contributed by atoms with Gasteiger partial charge in [0.05, 0.1) is 5.69 Å². The third kappa shape index (κ3) is 1.85. The van der Waals surface area contributed by atoms with Crippen LogP contribution in [-0.4, -0.2) is 16.5 Å². The minimum Gasteiger partial charge on any atom is -0.382 e. The lowest BCUT2D eigenvalue weighted by molar-refractivity contribution is 1.10. The smallest absolute Gasteiger partial charge is 0.148 e. The number of hydrogen-bond donors (Lipinski definition) is 2. The van der Waals surface area contributed by atoms with Crippen molar-refractivity contribution >= 4 is 17.6 Å². The minimum absolute atomic E-state index is 0.568. The van der Waals surface area contributed by atoms with Gasteiger partial charge in [0.15, 0.2) is 0 Å².